The van der Waals surface area contributed by atoms with Crippen LogP contribution in [0.1, 0.15) is 41.0 Å². The van der Waals surface area contributed by atoms with Crippen LogP contribution in [0.2, 0.25) is 0 Å². The molecule has 7 heteroatoms. The summed E-state index contributed by atoms with van der Waals surface area (Å²) in [7, 11) is 0. The molecule has 3 aromatic rings. The molecule has 0 saturated carbocycles. The zero-order valence-corrected chi connectivity index (χ0v) is 19.4. The molecule has 0 unspecified atom stereocenters. The van der Waals surface area contributed by atoms with Crippen molar-refractivity contribution in [3.8, 4) is 5.75 Å². The summed E-state index contributed by atoms with van der Waals surface area (Å²) < 4.78 is 5.72. The van der Waals surface area contributed by atoms with Gasteiger partial charge in [0.25, 0.3) is 11.8 Å². The Bertz CT molecular complexity index is 1100. The molecule has 33 heavy (non-hydrogen) atoms. The van der Waals surface area contributed by atoms with Gasteiger partial charge in [-0.25, -0.2) is 0 Å². The molecule has 0 aliphatic rings. The van der Waals surface area contributed by atoms with Crippen LogP contribution in [0.4, 0.5) is 11.4 Å². The number of amides is 2. The summed E-state index contributed by atoms with van der Waals surface area (Å²) in [6.07, 6.45) is 0.944. The molecule has 0 spiro atoms. The van der Waals surface area contributed by atoms with Gasteiger partial charge in [0.1, 0.15) is 5.75 Å². The SMILES string of the molecule is CC(C)CCOc1cccc(C(=O)NC(=S)Nc2ccc(NC(=O)c3ccccc3)cc2)c1. The van der Waals surface area contributed by atoms with Crippen molar-refractivity contribution in [1.82, 2.24) is 5.32 Å². The van der Waals surface area contributed by atoms with Crippen LogP contribution in [0.15, 0.2) is 78.9 Å². The van der Waals surface area contributed by atoms with Gasteiger partial charge >= 0.3 is 0 Å². The molecule has 3 N–H and O–H groups in total. The number of rotatable bonds is 8. The number of hydrogen-bond acceptors (Lipinski definition) is 4. The largest absolute Gasteiger partial charge is 0.494 e. The maximum absolute atomic E-state index is 12.5. The zero-order valence-electron chi connectivity index (χ0n) is 18.6. The van der Waals surface area contributed by atoms with Gasteiger partial charge in [0, 0.05) is 22.5 Å². The normalized spacial score (nSPS) is 10.4. The smallest absolute Gasteiger partial charge is 0.257 e. The Morgan fingerprint density at radius 3 is 2.12 bits per heavy atom. The molecule has 3 rings (SSSR count). The van der Waals surface area contributed by atoms with E-state index in [1.54, 1.807) is 54.6 Å². The lowest BCUT2D eigenvalue weighted by atomic mass is 10.1. The lowest BCUT2D eigenvalue weighted by Crippen LogP contribution is -2.34. The number of carbonyl (C=O) groups is 2. The van der Waals surface area contributed by atoms with Gasteiger partial charge in [0.05, 0.1) is 6.61 Å². The predicted molar refractivity (Wildman–Crippen MR) is 136 cm³/mol. The molecule has 0 radical (unpaired) electrons. The average molecular weight is 462 g/mol. The number of anilines is 2. The van der Waals surface area contributed by atoms with E-state index in [2.05, 4.69) is 29.8 Å². The minimum atomic E-state index is -0.325. The maximum Gasteiger partial charge on any atom is 0.257 e. The van der Waals surface area contributed by atoms with E-state index in [0.29, 0.717) is 40.8 Å². The minimum absolute atomic E-state index is 0.173. The third-order valence-corrected chi connectivity index (χ3v) is 4.93. The van der Waals surface area contributed by atoms with Crippen molar-refractivity contribution >= 4 is 40.5 Å². The molecular formula is C26H27N3O3S. The van der Waals surface area contributed by atoms with Gasteiger partial charge in [-0.15, -0.1) is 0 Å². The number of thiocarbonyl (C=S) groups is 1. The second kappa shape index (κ2) is 11.8. The van der Waals surface area contributed by atoms with Gasteiger partial charge in [0.15, 0.2) is 5.11 Å². The van der Waals surface area contributed by atoms with E-state index in [4.69, 9.17) is 17.0 Å². The number of carbonyl (C=O) groups excluding carboxylic acids is 2. The van der Waals surface area contributed by atoms with E-state index >= 15 is 0 Å². The molecule has 6 nitrogen and oxygen atoms in total. The molecule has 0 aliphatic carbocycles. The van der Waals surface area contributed by atoms with Crippen LogP contribution < -0.4 is 20.7 Å². The minimum Gasteiger partial charge on any atom is -0.494 e. The third-order valence-electron chi connectivity index (χ3n) is 4.72. The highest BCUT2D eigenvalue weighted by Crippen LogP contribution is 2.16. The molecule has 0 saturated heterocycles. The fraction of sp³-hybridized carbons (Fsp3) is 0.192. The quantitative estimate of drug-likeness (QED) is 0.387. The molecule has 0 aliphatic heterocycles. The molecule has 0 atom stereocenters. The average Bonchev–Trinajstić information content (AvgIpc) is 2.81. The monoisotopic (exact) mass is 461 g/mol. The number of nitrogens with one attached hydrogen (secondary N) is 3. The summed E-state index contributed by atoms with van der Waals surface area (Å²) in [6, 6.07) is 23.0. The molecule has 0 heterocycles. The lowest BCUT2D eigenvalue weighted by molar-refractivity contribution is 0.0975. The van der Waals surface area contributed by atoms with Gasteiger partial charge in [0.2, 0.25) is 0 Å². The van der Waals surface area contributed by atoms with Crippen LogP contribution in [-0.2, 0) is 0 Å². The standard InChI is InChI=1S/C26H27N3O3S/c1-18(2)15-16-32-23-10-6-9-20(17-23)25(31)29-26(33)28-22-13-11-21(12-14-22)27-24(30)19-7-4-3-5-8-19/h3-14,17-18H,15-16H2,1-2H3,(H,27,30)(H2,28,29,31,33). The summed E-state index contributed by atoms with van der Waals surface area (Å²) in [5.41, 5.74) is 2.38. The van der Waals surface area contributed by atoms with Crippen LogP contribution in [0, 0.1) is 5.92 Å². The van der Waals surface area contributed by atoms with E-state index in [9.17, 15) is 9.59 Å². The Kier molecular flexibility index (Phi) is 8.55. The van der Waals surface area contributed by atoms with Crippen LogP contribution in [0.5, 0.6) is 5.75 Å². The Morgan fingerprint density at radius 1 is 0.818 bits per heavy atom. The highest BCUT2D eigenvalue weighted by molar-refractivity contribution is 7.80. The molecule has 0 bridgehead atoms. The van der Waals surface area contributed by atoms with Crippen molar-refractivity contribution in [2.75, 3.05) is 17.2 Å². The van der Waals surface area contributed by atoms with Crippen molar-refractivity contribution < 1.29 is 14.3 Å². The predicted octanol–water partition coefficient (Wildman–Crippen LogP) is 5.49. The summed E-state index contributed by atoms with van der Waals surface area (Å²) >= 11 is 5.27. The number of hydrogen-bond donors (Lipinski definition) is 3. The summed E-state index contributed by atoms with van der Waals surface area (Å²) in [5, 5.41) is 8.65. The molecular weight excluding hydrogens is 434 g/mol. The maximum atomic E-state index is 12.5. The molecule has 0 fully saturated rings. The van der Waals surface area contributed by atoms with Crippen molar-refractivity contribution in [2.24, 2.45) is 5.92 Å². The van der Waals surface area contributed by atoms with Gasteiger partial charge in [-0.05, 0) is 79.2 Å². The molecule has 170 valence electrons. The Labute approximate surface area is 199 Å². The van der Waals surface area contributed by atoms with Gasteiger partial charge in [-0.3, -0.25) is 14.9 Å². The second-order valence-corrected chi connectivity index (χ2v) is 8.27. The van der Waals surface area contributed by atoms with E-state index in [0.717, 1.165) is 6.42 Å². The zero-order chi connectivity index (χ0) is 23.6. The van der Waals surface area contributed by atoms with Gasteiger partial charge < -0.3 is 15.4 Å². The van der Waals surface area contributed by atoms with E-state index in [1.165, 1.54) is 0 Å². The van der Waals surface area contributed by atoms with E-state index < -0.39 is 0 Å². The summed E-state index contributed by atoms with van der Waals surface area (Å²) in [5.74, 6) is 0.688. The van der Waals surface area contributed by atoms with Crippen molar-refractivity contribution in [3.05, 3.63) is 90.0 Å². The third kappa shape index (κ3) is 7.73. The highest BCUT2D eigenvalue weighted by atomic mass is 32.1. The van der Waals surface area contributed by atoms with Crippen molar-refractivity contribution in [2.45, 2.75) is 20.3 Å². The first-order valence-corrected chi connectivity index (χ1v) is 11.1. The van der Waals surface area contributed by atoms with Crippen LogP contribution >= 0.6 is 12.2 Å². The highest BCUT2D eigenvalue weighted by Gasteiger charge is 2.10. The first-order chi connectivity index (χ1) is 15.9. The van der Waals surface area contributed by atoms with Crippen molar-refractivity contribution in [1.29, 1.82) is 0 Å². The molecule has 0 aromatic heterocycles. The second-order valence-electron chi connectivity index (χ2n) is 7.86. The lowest BCUT2D eigenvalue weighted by Gasteiger charge is -2.12. The Hall–Kier alpha value is -3.71. The van der Waals surface area contributed by atoms with Gasteiger partial charge in [-0.2, -0.15) is 0 Å². The molecule has 3 aromatic carbocycles. The number of ether oxygens (including phenoxy) is 1. The summed E-state index contributed by atoms with van der Waals surface area (Å²) in [4.78, 5) is 24.8. The fourth-order valence-corrected chi connectivity index (χ4v) is 3.12. The van der Waals surface area contributed by atoms with E-state index in [1.807, 2.05) is 24.3 Å². The molecule has 2 amide bonds. The van der Waals surface area contributed by atoms with E-state index in [-0.39, 0.29) is 16.9 Å². The Balaban J connectivity index is 1.51. The first kappa shape index (κ1) is 23.9. The van der Waals surface area contributed by atoms with Crippen LogP contribution in [0.3, 0.4) is 0 Å². The topological polar surface area (TPSA) is 79.5 Å². The summed E-state index contributed by atoms with van der Waals surface area (Å²) in [6.45, 7) is 4.87. The Morgan fingerprint density at radius 2 is 1.45 bits per heavy atom. The van der Waals surface area contributed by atoms with Crippen molar-refractivity contribution in [3.63, 3.8) is 0 Å². The van der Waals surface area contributed by atoms with Crippen LogP contribution in [-0.4, -0.2) is 23.5 Å². The fourth-order valence-electron chi connectivity index (χ4n) is 2.91. The van der Waals surface area contributed by atoms with Crippen LogP contribution in [0.25, 0.3) is 0 Å². The van der Waals surface area contributed by atoms with Gasteiger partial charge in [-0.1, -0.05) is 38.1 Å². The first-order valence-electron chi connectivity index (χ1n) is 10.7. The number of benzene rings is 3.